The summed E-state index contributed by atoms with van der Waals surface area (Å²) < 4.78 is 5.64. The first-order valence-corrected chi connectivity index (χ1v) is 12.4. The SMILES string of the molecule is C/C=C\C(C)=C\C.O=C(CO)N[C@@H](C1=C(NC2CCCCC2)CNC1=O)c1cccc2ccoc12. The van der Waals surface area contributed by atoms with Crippen molar-refractivity contribution in [3.05, 3.63) is 71.2 Å². The van der Waals surface area contributed by atoms with Crippen LogP contribution in [0.3, 0.4) is 0 Å². The van der Waals surface area contributed by atoms with E-state index in [1.807, 2.05) is 44.2 Å². The predicted molar refractivity (Wildman–Crippen MR) is 138 cm³/mol. The second-order valence-electron chi connectivity index (χ2n) is 8.93. The first kappa shape index (κ1) is 26.3. The van der Waals surface area contributed by atoms with Gasteiger partial charge in [-0.15, -0.1) is 0 Å². The van der Waals surface area contributed by atoms with Gasteiger partial charge in [0.1, 0.15) is 12.2 Å². The number of amides is 2. The summed E-state index contributed by atoms with van der Waals surface area (Å²) in [4.78, 5) is 24.8. The molecule has 0 unspecified atom stereocenters. The normalized spacial score (nSPS) is 17.8. The number of para-hydroxylation sites is 1. The maximum atomic E-state index is 12.7. The monoisotopic (exact) mass is 479 g/mol. The average molecular weight is 480 g/mol. The number of nitrogens with one attached hydrogen (secondary N) is 3. The number of hydrogen-bond donors (Lipinski definition) is 4. The standard InChI is InChI=1S/C21H25N3O4.C7H12/c25-12-17(26)24-19(15-8-4-5-13-9-10-28-20(13)15)18-16(11-22-21(18)27)23-14-6-2-1-3-7-14;1-4-6-7(3)5-2/h4-5,8-10,14,19,23,25H,1-3,6-7,11-12H2,(H,22,27)(H,24,26);4-6H,1-3H3/b;6-4-,7-5+/t19-;/m1./s1. The van der Waals surface area contributed by atoms with Crippen LogP contribution in [0.1, 0.15) is 64.5 Å². The summed E-state index contributed by atoms with van der Waals surface area (Å²) in [6.07, 6.45) is 13.5. The Labute approximate surface area is 207 Å². The van der Waals surface area contributed by atoms with Gasteiger partial charge in [0.05, 0.1) is 24.4 Å². The van der Waals surface area contributed by atoms with Crippen LogP contribution in [-0.2, 0) is 9.59 Å². The molecule has 188 valence electrons. The molecule has 0 bridgehead atoms. The Morgan fingerprint density at radius 2 is 2.00 bits per heavy atom. The Morgan fingerprint density at radius 1 is 1.23 bits per heavy atom. The lowest BCUT2D eigenvalue weighted by Gasteiger charge is -2.26. The van der Waals surface area contributed by atoms with Crippen molar-refractivity contribution >= 4 is 22.8 Å². The zero-order valence-electron chi connectivity index (χ0n) is 20.9. The Morgan fingerprint density at radius 3 is 2.66 bits per heavy atom. The van der Waals surface area contributed by atoms with Crippen LogP contribution in [0.5, 0.6) is 0 Å². The molecule has 2 aromatic rings. The fourth-order valence-corrected chi connectivity index (χ4v) is 4.54. The molecule has 0 spiro atoms. The summed E-state index contributed by atoms with van der Waals surface area (Å²) in [5.74, 6) is -0.761. The smallest absolute Gasteiger partial charge is 0.251 e. The second-order valence-corrected chi connectivity index (χ2v) is 8.93. The Hall–Kier alpha value is -3.32. The zero-order chi connectivity index (χ0) is 25.2. The fourth-order valence-electron chi connectivity index (χ4n) is 4.54. The van der Waals surface area contributed by atoms with Crippen LogP contribution in [0, 0.1) is 0 Å². The summed E-state index contributed by atoms with van der Waals surface area (Å²) in [5.41, 5.74) is 3.93. The number of carbonyl (C=O) groups is 2. The number of furan rings is 1. The van der Waals surface area contributed by atoms with Gasteiger partial charge in [-0.05, 0) is 39.7 Å². The molecule has 2 aliphatic rings. The minimum Gasteiger partial charge on any atom is -0.464 e. The molecule has 7 nitrogen and oxygen atoms in total. The van der Waals surface area contributed by atoms with Crippen molar-refractivity contribution in [2.45, 2.75) is 65.0 Å². The molecule has 4 N–H and O–H groups in total. The van der Waals surface area contributed by atoms with Crippen molar-refractivity contribution in [1.29, 1.82) is 0 Å². The highest BCUT2D eigenvalue weighted by molar-refractivity contribution is 6.00. The molecular formula is C28H37N3O4. The van der Waals surface area contributed by atoms with Crippen molar-refractivity contribution in [1.82, 2.24) is 16.0 Å². The molecule has 2 amide bonds. The minimum atomic E-state index is -0.705. The summed E-state index contributed by atoms with van der Waals surface area (Å²) >= 11 is 0. The molecule has 2 heterocycles. The molecule has 1 atom stereocenters. The molecule has 0 radical (unpaired) electrons. The summed E-state index contributed by atoms with van der Waals surface area (Å²) in [6.45, 7) is 5.90. The van der Waals surface area contributed by atoms with Gasteiger partial charge in [0.25, 0.3) is 5.91 Å². The first-order valence-electron chi connectivity index (χ1n) is 12.4. The van der Waals surface area contributed by atoms with E-state index in [9.17, 15) is 14.7 Å². The number of rotatable bonds is 7. The molecule has 0 saturated heterocycles. The highest BCUT2D eigenvalue weighted by Gasteiger charge is 2.34. The quantitative estimate of drug-likeness (QED) is 0.440. The molecule has 1 saturated carbocycles. The third-order valence-corrected chi connectivity index (χ3v) is 6.42. The lowest BCUT2D eigenvalue weighted by Crippen LogP contribution is -2.36. The van der Waals surface area contributed by atoms with Gasteiger partial charge in [-0.2, -0.15) is 0 Å². The summed E-state index contributed by atoms with van der Waals surface area (Å²) in [5, 5.41) is 19.4. The summed E-state index contributed by atoms with van der Waals surface area (Å²) in [6, 6.07) is 7.09. The van der Waals surface area contributed by atoms with Gasteiger partial charge < -0.3 is 25.5 Å². The highest BCUT2D eigenvalue weighted by atomic mass is 16.3. The van der Waals surface area contributed by atoms with Gasteiger partial charge in [-0.3, -0.25) is 9.59 Å². The molecule has 35 heavy (non-hydrogen) atoms. The lowest BCUT2D eigenvalue weighted by atomic mass is 9.93. The van der Waals surface area contributed by atoms with Crippen molar-refractivity contribution in [2.75, 3.05) is 13.2 Å². The predicted octanol–water partition coefficient (Wildman–Crippen LogP) is 4.42. The molecular weight excluding hydrogens is 442 g/mol. The van der Waals surface area contributed by atoms with Crippen molar-refractivity contribution in [2.24, 2.45) is 0 Å². The van der Waals surface area contributed by atoms with Crippen LogP contribution < -0.4 is 16.0 Å². The molecule has 1 aromatic carbocycles. The first-order chi connectivity index (χ1) is 17.0. The molecule has 1 fully saturated rings. The van der Waals surface area contributed by atoms with Gasteiger partial charge in [-0.25, -0.2) is 0 Å². The van der Waals surface area contributed by atoms with Crippen LogP contribution in [0.2, 0.25) is 0 Å². The Kier molecular flexibility index (Phi) is 9.73. The topological polar surface area (TPSA) is 104 Å². The van der Waals surface area contributed by atoms with Crippen LogP contribution in [0.4, 0.5) is 0 Å². The molecule has 7 heteroatoms. The van der Waals surface area contributed by atoms with Crippen molar-refractivity contribution in [3.63, 3.8) is 0 Å². The number of allylic oxidation sites excluding steroid dienone is 4. The fraction of sp³-hybridized carbons (Fsp3) is 0.429. The number of carbonyl (C=O) groups excluding carboxylic acids is 2. The van der Waals surface area contributed by atoms with Gasteiger partial charge in [0.2, 0.25) is 5.91 Å². The zero-order valence-corrected chi connectivity index (χ0v) is 20.9. The van der Waals surface area contributed by atoms with Gasteiger partial charge in [-0.1, -0.05) is 61.3 Å². The highest BCUT2D eigenvalue weighted by Crippen LogP contribution is 2.33. The average Bonchev–Trinajstić information content (AvgIpc) is 3.50. The molecule has 4 rings (SSSR count). The van der Waals surface area contributed by atoms with Gasteiger partial charge >= 0.3 is 0 Å². The van der Waals surface area contributed by atoms with E-state index in [4.69, 9.17) is 4.42 Å². The van der Waals surface area contributed by atoms with Crippen LogP contribution in [-0.4, -0.2) is 36.1 Å². The Bertz CT molecular complexity index is 1110. The van der Waals surface area contributed by atoms with E-state index in [1.165, 1.54) is 24.8 Å². The molecule has 1 aliphatic heterocycles. The van der Waals surface area contributed by atoms with Crippen molar-refractivity contribution < 1.29 is 19.1 Å². The third kappa shape index (κ3) is 6.85. The van der Waals surface area contributed by atoms with E-state index in [1.54, 1.807) is 6.26 Å². The van der Waals surface area contributed by atoms with Crippen molar-refractivity contribution in [3.8, 4) is 0 Å². The maximum absolute atomic E-state index is 12.7. The number of benzene rings is 1. The maximum Gasteiger partial charge on any atom is 0.251 e. The largest absolute Gasteiger partial charge is 0.464 e. The molecule has 1 aliphatic carbocycles. The van der Waals surface area contributed by atoms with E-state index in [2.05, 4.69) is 35.0 Å². The van der Waals surface area contributed by atoms with Gasteiger partial charge in [0.15, 0.2) is 0 Å². The Balaban J connectivity index is 0.000000429. The van der Waals surface area contributed by atoms with E-state index in [0.29, 0.717) is 29.3 Å². The second kappa shape index (κ2) is 13.0. The number of fused-ring (bicyclic) bond motifs is 1. The van der Waals surface area contributed by atoms with E-state index >= 15 is 0 Å². The van der Waals surface area contributed by atoms with E-state index in [0.717, 1.165) is 23.9 Å². The van der Waals surface area contributed by atoms with Crippen LogP contribution >= 0.6 is 0 Å². The van der Waals surface area contributed by atoms with Crippen LogP contribution in [0.25, 0.3) is 11.0 Å². The summed E-state index contributed by atoms with van der Waals surface area (Å²) in [7, 11) is 0. The number of aliphatic hydroxyl groups excluding tert-OH is 1. The third-order valence-electron chi connectivity index (χ3n) is 6.42. The van der Waals surface area contributed by atoms with E-state index in [-0.39, 0.29) is 5.91 Å². The molecule has 1 aromatic heterocycles. The lowest BCUT2D eigenvalue weighted by molar-refractivity contribution is -0.124. The van der Waals surface area contributed by atoms with E-state index < -0.39 is 18.6 Å². The van der Waals surface area contributed by atoms with Gasteiger partial charge in [0, 0.05) is 22.7 Å². The number of hydrogen-bond acceptors (Lipinski definition) is 5. The van der Waals surface area contributed by atoms with Crippen LogP contribution in [0.15, 0.2) is 70.0 Å². The minimum absolute atomic E-state index is 0.217. The number of aliphatic hydroxyl groups is 1.